The maximum atomic E-state index is 14.5. The van der Waals surface area contributed by atoms with Gasteiger partial charge in [-0.1, -0.05) is 26.8 Å². The molecule has 4 aliphatic rings. The lowest BCUT2D eigenvalue weighted by atomic mass is 9.85. The van der Waals surface area contributed by atoms with Crippen LogP contribution in [0.2, 0.25) is 0 Å². The summed E-state index contributed by atoms with van der Waals surface area (Å²) >= 11 is 0. The highest BCUT2D eigenvalue weighted by Gasteiger charge is 2.62. The Hall–Kier alpha value is -5.20. The molecule has 18 nitrogen and oxygen atoms in total. The van der Waals surface area contributed by atoms with Crippen molar-refractivity contribution < 1.29 is 56.2 Å². The predicted molar refractivity (Wildman–Crippen MR) is 224 cm³/mol. The summed E-state index contributed by atoms with van der Waals surface area (Å²) in [6.07, 6.45) is 0.204. The lowest BCUT2D eigenvalue weighted by Gasteiger charge is -2.36. The molecule has 4 N–H and O–H groups in total. The number of esters is 1. The van der Waals surface area contributed by atoms with Crippen LogP contribution in [-0.4, -0.2) is 116 Å². The van der Waals surface area contributed by atoms with E-state index in [0.717, 1.165) is 0 Å². The van der Waals surface area contributed by atoms with E-state index in [1.165, 1.54) is 24.0 Å². The van der Waals surface area contributed by atoms with Crippen molar-refractivity contribution in [3.8, 4) is 0 Å². The molecule has 0 radical (unpaired) electrons. The Labute approximate surface area is 357 Å². The zero-order chi connectivity index (χ0) is 45.2. The zero-order valence-corrected chi connectivity index (χ0v) is 37.1. The lowest BCUT2D eigenvalue weighted by molar-refractivity contribution is -0.148. The summed E-state index contributed by atoms with van der Waals surface area (Å²) in [6.45, 7) is 17.9. The van der Waals surface area contributed by atoms with Crippen LogP contribution in [-0.2, 0) is 43.4 Å². The number of carbonyl (C=O) groups is 7. The maximum absolute atomic E-state index is 14.5. The minimum absolute atomic E-state index is 0.0598. The topological polar surface area (TPSA) is 236 Å². The maximum Gasteiger partial charge on any atom is 0.412 e. The Morgan fingerprint density at radius 3 is 2.18 bits per heavy atom. The number of ketones is 1. The second kappa shape index (κ2) is 18.0. The molecule has 1 aromatic carbocycles. The van der Waals surface area contributed by atoms with Crippen LogP contribution in [0.5, 0.6) is 0 Å². The van der Waals surface area contributed by atoms with Crippen molar-refractivity contribution in [2.75, 3.05) is 36.5 Å². The second-order valence-electron chi connectivity index (χ2n) is 18.3. The Kier molecular flexibility index (Phi) is 13.8. The number of sulfonamides is 1. The first kappa shape index (κ1) is 46.9. The van der Waals surface area contributed by atoms with E-state index in [1.807, 2.05) is 4.90 Å². The van der Waals surface area contributed by atoms with Gasteiger partial charge in [-0.25, -0.2) is 18.0 Å². The fourth-order valence-corrected chi connectivity index (χ4v) is 9.04. The minimum Gasteiger partial charge on any atom is -0.466 e. The number of alkyl carbamates (subject to hydrolysis) is 1. The largest absolute Gasteiger partial charge is 0.466 e. The molecule has 2 saturated heterocycles. The molecule has 5 amide bonds. The van der Waals surface area contributed by atoms with E-state index in [2.05, 4.69) is 27.3 Å². The van der Waals surface area contributed by atoms with Crippen molar-refractivity contribution in [3.05, 3.63) is 36.4 Å². The predicted octanol–water partition coefficient (Wildman–Crippen LogP) is 3.80. The van der Waals surface area contributed by atoms with Gasteiger partial charge in [0.2, 0.25) is 21.8 Å². The van der Waals surface area contributed by atoms with Gasteiger partial charge in [0.05, 0.1) is 35.7 Å². The summed E-state index contributed by atoms with van der Waals surface area (Å²) in [4.78, 5) is 97.1. The minimum atomic E-state index is -3.97. The Morgan fingerprint density at radius 1 is 0.984 bits per heavy atom. The molecule has 0 bridgehead atoms. The number of rotatable bonds is 14. The number of carbonyl (C=O) groups excluding carboxylic acids is 7. The van der Waals surface area contributed by atoms with Gasteiger partial charge in [0.25, 0.3) is 5.91 Å². The van der Waals surface area contributed by atoms with Gasteiger partial charge in [0, 0.05) is 31.0 Å². The first-order valence-corrected chi connectivity index (χ1v) is 22.3. The SMILES string of the molecule is C=CC1CC1(NC(=O)[C@@H]1C[C@@H](OC(=O)Nc2cc(C(C)=O)ccc2N2CCC(C(=O)OCC)CC2)CN1C(=O)[C@@H](NC(=O)OC(C)(C)C)C(C)(C)C)C(=O)NS(=O)(=O)C1CC1. The number of likely N-dealkylation sites (tertiary alicyclic amines) is 1. The molecule has 2 aliphatic carbocycles. The van der Waals surface area contributed by atoms with Crippen molar-refractivity contribution in [2.45, 2.75) is 128 Å². The number of ether oxygens (including phenoxy) is 3. The molecule has 2 unspecified atom stereocenters. The smallest absolute Gasteiger partial charge is 0.412 e. The molecule has 5 rings (SSSR count). The number of benzene rings is 1. The number of nitrogens with zero attached hydrogens (tertiary/aromatic N) is 2. The number of amides is 5. The van der Waals surface area contributed by atoms with E-state index < -0.39 is 85.8 Å². The Morgan fingerprint density at radius 2 is 1.64 bits per heavy atom. The molecule has 5 atom stereocenters. The first-order valence-electron chi connectivity index (χ1n) is 20.7. The third-order valence-electron chi connectivity index (χ3n) is 11.2. The number of Topliss-reactive ketones (excluding diaryl/α,β-unsaturated/α-hetero) is 1. The molecule has 19 heteroatoms. The van der Waals surface area contributed by atoms with Crippen LogP contribution in [0.3, 0.4) is 0 Å². The number of anilines is 2. The molecule has 0 spiro atoms. The van der Waals surface area contributed by atoms with Crippen molar-refractivity contribution in [1.29, 1.82) is 0 Å². The van der Waals surface area contributed by atoms with E-state index in [0.29, 0.717) is 50.0 Å². The summed E-state index contributed by atoms with van der Waals surface area (Å²) in [6, 6.07) is 2.28. The number of hydrogen-bond acceptors (Lipinski definition) is 13. The summed E-state index contributed by atoms with van der Waals surface area (Å²) in [5.41, 5.74) is -2.31. The molecular weight excluding hydrogens is 813 g/mol. The van der Waals surface area contributed by atoms with Crippen LogP contribution >= 0.6 is 0 Å². The van der Waals surface area contributed by atoms with Crippen LogP contribution < -0.4 is 25.6 Å². The molecule has 2 heterocycles. The van der Waals surface area contributed by atoms with Crippen molar-refractivity contribution in [1.82, 2.24) is 20.3 Å². The van der Waals surface area contributed by atoms with Crippen LogP contribution in [0.15, 0.2) is 30.9 Å². The zero-order valence-electron chi connectivity index (χ0n) is 36.3. The highest BCUT2D eigenvalue weighted by Crippen LogP contribution is 2.45. The summed E-state index contributed by atoms with van der Waals surface area (Å²) in [7, 11) is -3.97. The standard InChI is InChI=1S/C42H60N6O12S/c1-10-27-22-42(27,37(53)46-61(56,57)29-13-14-29)45-34(50)32-21-28(23-48(32)35(51)33(40(4,5)6)44-39(55)60-41(7,8)9)59-38(54)43-30-20-26(24(3)49)12-15-31(30)47-18-16-25(17-19-47)36(52)58-11-2/h10,12,15,20,25,27-29,32-33H,1,11,13-14,16-19,21-23H2,2-9H3,(H,43,54)(H,44,55)(H,45,50)(H,46,53)/t27?,28-,32+,33-,42?/m1/s1. The van der Waals surface area contributed by atoms with Crippen molar-refractivity contribution >= 4 is 63.1 Å². The fraction of sp³-hybridized carbons (Fsp3) is 0.643. The monoisotopic (exact) mass is 872 g/mol. The van der Waals surface area contributed by atoms with Crippen molar-refractivity contribution in [2.24, 2.45) is 17.3 Å². The lowest BCUT2D eigenvalue weighted by Crippen LogP contribution is -2.60. The first-order chi connectivity index (χ1) is 28.4. The van der Waals surface area contributed by atoms with Crippen molar-refractivity contribution in [3.63, 3.8) is 0 Å². The highest BCUT2D eigenvalue weighted by atomic mass is 32.2. The molecular formula is C42H60N6O12S. The number of hydrogen-bond donors (Lipinski definition) is 4. The molecule has 4 fully saturated rings. The van der Waals surface area contributed by atoms with Gasteiger partial charge < -0.3 is 34.6 Å². The molecule has 61 heavy (non-hydrogen) atoms. The molecule has 0 aromatic heterocycles. The third kappa shape index (κ3) is 11.4. The van der Waals surface area contributed by atoms with Gasteiger partial charge in [0.1, 0.15) is 29.3 Å². The molecule has 336 valence electrons. The van der Waals surface area contributed by atoms with Crippen LogP contribution in [0.1, 0.15) is 104 Å². The van der Waals surface area contributed by atoms with E-state index >= 15 is 0 Å². The van der Waals surface area contributed by atoms with Gasteiger partial charge >= 0.3 is 18.2 Å². The average Bonchev–Trinajstić information content (AvgIpc) is 4.09. The normalized spacial score (nSPS) is 23.5. The highest BCUT2D eigenvalue weighted by molar-refractivity contribution is 7.91. The third-order valence-corrected chi connectivity index (χ3v) is 13.1. The van der Waals surface area contributed by atoms with Crippen LogP contribution in [0, 0.1) is 17.3 Å². The summed E-state index contributed by atoms with van der Waals surface area (Å²) < 4.78 is 44.1. The summed E-state index contributed by atoms with van der Waals surface area (Å²) in [5, 5.41) is 7.37. The van der Waals surface area contributed by atoms with E-state index in [9.17, 15) is 42.0 Å². The van der Waals surface area contributed by atoms with E-state index in [1.54, 1.807) is 60.6 Å². The van der Waals surface area contributed by atoms with Gasteiger partial charge in [-0.2, -0.15) is 0 Å². The van der Waals surface area contributed by atoms with E-state index in [-0.39, 0.29) is 49.4 Å². The van der Waals surface area contributed by atoms with Crippen LogP contribution in [0.4, 0.5) is 21.0 Å². The second-order valence-corrected chi connectivity index (χ2v) is 20.3. The number of nitrogens with one attached hydrogen (secondary N) is 4. The average molecular weight is 873 g/mol. The molecule has 1 aromatic rings. The molecule has 2 saturated carbocycles. The van der Waals surface area contributed by atoms with Gasteiger partial charge in [-0.05, 0) is 90.3 Å². The van der Waals surface area contributed by atoms with Crippen LogP contribution in [0.25, 0.3) is 0 Å². The van der Waals surface area contributed by atoms with E-state index in [4.69, 9.17) is 14.2 Å². The Balaban J connectivity index is 1.39. The van der Waals surface area contributed by atoms with Gasteiger partial charge in [0.15, 0.2) is 5.78 Å². The number of piperidine rings is 1. The quantitative estimate of drug-likeness (QED) is 0.0903. The molecule has 2 aliphatic heterocycles. The van der Waals surface area contributed by atoms with Gasteiger partial charge in [-0.15, -0.1) is 6.58 Å². The Bertz CT molecular complexity index is 2030. The van der Waals surface area contributed by atoms with Gasteiger partial charge in [-0.3, -0.25) is 34.0 Å². The summed E-state index contributed by atoms with van der Waals surface area (Å²) in [5.74, 6) is -3.82. The fourth-order valence-electron chi connectivity index (χ4n) is 7.67.